The van der Waals surface area contributed by atoms with Gasteiger partial charge in [-0.05, 0) is 32.9 Å². The maximum absolute atomic E-state index is 12.5. The summed E-state index contributed by atoms with van der Waals surface area (Å²) in [4.78, 5) is 34.2. The van der Waals surface area contributed by atoms with E-state index >= 15 is 0 Å². The summed E-state index contributed by atoms with van der Waals surface area (Å²) in [5, 5.41) is 0. The molecule has 2 heterocycles. The first-order chi connectivity index (χ1) is 12.8. The number of ketones is 1. The van der Waals surface area contributed by atoms with E-state index in [1.54, 1.807) is 37.5 Å². The van der Waals surface area contributed by atoms with Gasteiger partial charge in [0.05, 0.1) is 12.6 Å². The van der Waals surface area contributed by atoms with Crippen molar-refractivity contribution in [3.05, 3.63) is 41.5 Å². The number of aromatic nitrogens is 3. The number of likely N-dealkylation sites (N-methyl/N-ethyl adjacent to an activating group) is 1. The Hall–Kier alpha value is -2.74. The summed E-state index contributed by atoms with van der Waals surface area (Å²) in [6, 6.07) is 3.62. The topological polar surface area (TPSA) is 86.5 Å². The zero-order valence-electron chi connectivity index (χ0n) is 16.4. The van der Waals surface area contributed by atoms with Crippen LogP contribution < -0.4 is 4.90 Å². The molecule has 27 heavy (non-hydrogen) atoms. The molecule has 0 aliphatic heterocycles. The number of nitrogens with zero attached hydrogens (tertiary/aromatic N) is 4. The maximum atomic E-state index is 12.5. The Morgan fingerprint density at radius 3 is 2.56 bits per heavy atom. The average molecular weight is 374 g/mol. The number of aryl methyl sites for hydroxylation is 1. The van der Waals surface area contributed by atoms with Crippen LogP contribution in [0.1, 0.15) is 34.7 Å². The van der Waals surface area contributed by atoms with Crippen LogP contribution in [0.25, 0.3) is 0 Å². The van der Waals surface area contributed by atoms with Crippen molar-refractivity contribution in [2.45, 2.75) is 26.8 Å². The number of rotatable bonds is 9. The molecule has 2 aromatic heterocycles. The van der Waals surface area contributed by atoms with Crippen molar-refractivity contribution in [3.8, 4) is 0 Å². The Bertz CT molecular complexity index is 789. The van der Waals surface area contributed by atoms with E-state index in [1.807, 2.05) is 26.8 Å². The van der Waals surface area contributed by atoms with Crippen LogP contribution in [-0.4, -0.2) is 60.2 Å². The fourth-order valence-electron chi connectivity index (χ4n) is 3.08. The minimum Gasteiger partial charge on any atom is -0.456 e. The zero-order chi connectivity index (χ0) is 20.0. The van der Waals surface area contributed by atoms with Gasteiger partial charge in [0.2, 0.25) is 11.7 Å². The highest BCUT2D eigenvalue weighted by atomic mass is 16.5. The second-order valence-electron chi connectivity index (χ2n) is 6.45. The zero-order valence-corrected chi connectivity index (χ0v) is 16.4. The van der Waals surface area contributed by atoms with E-state index in [-0.39, 0.29) is 25.0 Å². The Balaban J connectivity index is 1.95. The number of carbonyl (C=O) groups excluding carboxylic acids is 2. The second kappa shape index (κ2) is 9.27. The lowest BCUT2D eigenvalue weighted by molar-refractivity contribution is -0.140. The van der Waals surface area contributed by atoms with Crippen LogP contribution in [0.3, 0.4) is 0 Å². The summed E-state index contributed by atoms with van der Waals surface area (Å²) in [6.45, 7) is 6.06. The van der Waals surface area contributed by atoms with Crippen LogP contribution in [0.5, 0.6) is 0 Å². The number of hydrogen-bond donors (Lipinski definition) is 0. The molecule has 0 saturated carbocycles. The number of hydrogen-bond acceptors (Lipinski definition) is 7. The van der Waals surface area contributed by atoms with Crippen LogP contribution in [0.15, 0.2) is 24.5 Å². The van der Waals surface area contributed by atoms with E-state index in [9.17, 15) is 9.59 Å². The van der Waals surface area contributed by atoms with Gasteiger partial charge < -0.3 is 18.9 Å². The molecule has 0 aliphatic rings. The van der Waals surface area contributed by atoms with E-state index in [2.05, 4.69) is 14.5 Å². The monoisotopic (exact) mass is 374 g/mol. The molecule has 8 nitrogen and oxygen atoms in total. The minimum atomic E-state index is -0.514. The quantitative estimate of drug-likeness (QED) is 0.490. The first kappa shape index (κ1) is 20.6. The van der Waals surface area contributed by atoms with Crippen LogP contribution in [0, 0.1) is 13.8 Å². The number of esters is 1. The number of ether oxygens (including phenoxy) is 2. The van der Waals surface area contributed by atoms with Crippen molar-refractivity contribution in [1.29, 1.82) is 0 Å². The van der Waals surface area contributed by atoms with Crippen LogP contribution >= 0.6 is 0 Å². The molecule has 0 saturated heterocycles. The number of carbonyl (C=O) groups is 2. The smallest absolute Gasteiger partial charge is 0.326 e. The Morgan fingerprint density at radius 1 is 1.26 bits per heavy atom. The van der Waals surface area contributed by atoms with Gasteiger partial charge in [0.15, 0.2) is 6.61 Å². The van der Waals surface area contributed by atoms with Gasteiger partial charge in [-0.1, -0.05) is 0 Å². The normalized spacial score (nSPS) is 11.9. The van der Waals surface area contributed by atoms with Crippen molar-refractivity contribution in [2.75, 3.05) is 38.8 Å². The number of anilines is 1. The predicted molar refractivity (Wildman–Crippen MR) is 101 cm³/mol. The fraction of sp³-hybridized carbons (Fsp3) is 0.474. The second-order valence-corrected chi connectivity index (χ2v) is 6.45. The lowest BCUT2D eigenvalue weighted by atomic mass is 10.1. The van der Waals surface area contributed by atoms with Crippen LogP contribution in [-0.2, 0) is 14.3 Å². The van der Waals surface area contributed by atoms with Gasteiger partial charge in [-0.2, -0.15) is 0 Å². The summed E-state index contributed by atoms with van der Waals surface area (Å²) >= 11 is 0. The molecule has 1 unspecified atom stereocenters. The molecule has 0 fully saturated rings. The van der Waals surface area contributed by atoms with Crippen molar-refractivity contribution in [2.24, 2.45) is 0 Å². The molecule has 1 atom stereocenters. The highest BCUT2D eigenvalue weighted by Crippen LogP contribution is 2.21. The molecular weight excluding hydrogens is 348 g/mol. The predicted octanol–water partition coefficient (Wildman–Crippen LogP) is 1.96. The summed E-state index contributed by atoms with van der Waals surface area (Å²) in [5.41, 5.74) is 2.36. The highest BCUT2D eigenvalue weighted by molar-refractivity contribution is 5.99. The highest BCUT2D eigenvalue weighted by Gasteiger charge is 2.20. The summed E-state index contributed by atoms with van der Waals surface area (Å²) in [7, 11) is 3.33. The molecule has 8 heteroatoms. The first-order valence-corrected chi connectivity index (χ1v) is 8.69. The summed E-state index contributed by atoms with van der Waals surface area (Å²) in [6.07, 6.45) is 3.18. The molecule has 0 bridgehead atoms. The van der Waals surface area contributed by atoms with E-state index in [0.29, 0.717) is 18.1 Å². The Labute approximate surface area is 159 Å². The molecule has 2 aromatic rings. The number of methoxy groups -OCH3 is 1. The Morgan fingerprint density at radius 2 is 1.93 bits per heavy atom. The van der Waals surface area contributed by atoms with Crippen LogP contribution in [0.2, 0.25) is 0 Å². The van der Waals surface area contributed by atoms with Gasteiger partial charge in [0, 0.05) is 43.5 Å². The third kappa shape index (κ3) is 5.13. The lowest BCUT2D eigenvalue weighted by Gasteiger charge is -2.17. The summed E-state index contributed by atoms with van der Waals surface area (Å²) < 4.78 is 12.4. The molecule has 0 spiro atoms. The Kier molecular flexibility index (Phi) is 7.06. The lowest BCUT2D eigenvalue weighted by Crippen LogP contribution is -2.29. The molecule has 0 N–H and O–H groups in total. The third-order valence-electron chi connectivity index (χ3n) is 4.26. The van der Waals surface area contributed by atoms with E-state index in [0.717, 1.165) is 11.4 Å². The molecular formula is C19H26N4O4. The molecule has 2 rings (SSSR count). The first-order valence-electron chi connectivity index (χ1n) is 8.69. The maximum Gasteiger partial charge on any atom is 0.326 e. The van der Waals surface area contributed by atoms with Crippen molar-refractivity contribution in [1.82, 2.24) is 14.5 Å². The molecule has 0 aromatic carbocycles. The van der Waals surface area contributed by atoms with Gasteiger partial charge in [-0.15, -0.1) is 0 Å². The van der Waals surface area contributed by atoms with E-state index < -0.39 is 5.97 Å². The summed E-state index contributed by atoms with van der Waals surface area (Å²) in [5.74, 6) is -0.331. The molecule has 146 valence electrons. The fourth-order valence-corrected chi connectivity index (χ4v) is 3.08. The van der Waals surface area contributed by atoms with E-state index in [1.165, 1.54) is 0 Å². The standard InChI is InChI=1S/C19H26N4O4/c1-13-9-16(15(3)23(13)14(2)11-26-5)17(24)12-27-18(25)10-22(4)19-20-7-6-8-21-19/h6-9,14H,10-12H2,1-5H3. The van der Waals surface area contributed by atoms with Crippen molar-refractivity contribution >= 4 is 17.7 Å². The van der Waals surface area contributed by atoms with E-state index in [4.69, 9.17) is 9.47 Å². The van der Waals surface area contributed by atoms with Crippen molar-refractivity contribution in [3.63, 3.8) is 0 Å². The largest absolute Gasteiger partial charge is 0.456 e. The van der Waals surface area contributed by atoms with Crippen LogP contribution in [0.4, 0.5) is 5.95 Å². The SMILES string of the molecule is COCC(C)n1c(C)cc(C(=O)COC(=O)CN(C)c2ncccn2)c1C. The third-order valence-corrected chi connectivity index (χ3v) is 4.26. The number of Topliss-reactive ketones (excluding diaryl/α,β-unsaturated/α-hetero) is 1. The van der Waals surface area contributed by atoms with Gasteiger partial charge in [0.25, 0.3) is 0 Å². The van der Waals surface area contributed by atoms with Gasteiger partial charge >= 0.3 is 5.97 Å². The average Bonchev–Trinajstić information content (AvgIpc) is 2.95. The molecule has 0 radical (unpaired) electrons. The van der Waals surface area contributed by atoms with Gasteiger partial charge in [-0.25, -0.2) is 9.97 Å². The van der Waals surface area contributed by atoms with Crippen molar-refractivity contribution < 1.29 is 19.1 Å². The minimum absolute atomic E-state index is 0.0405. The van der Waals surface area contributed by atoms with Gasteiger partial charge in [-0.3, -0.25) is 9.59 Å². The van der Waals surface area contributed by atoms with Gasteiger partial charge in [0.1, 0.15) is 6.54 Å². The molecule has 0 aliphatic carbocycles. The molecule has 0 amide bonds.